The number of pyridine rings is 1. The number of rotatable bonds is 9. The van der Waals surface area contributed by atoms with Gasteiger partial charge in [-0.15, -0.1) is 0 Å². The average molecular weight is 436 g/mol. The molecular weight excluding hydrogens is 398 g/mol. The van der Waals surface area contributed by atoms with Gasteiger partial charge in [-0.1, -0.05) is 49.7 Å². The molecule has 2 aliphatic heterocycles. The highest BCUT2D eigenvalue weighted by molar-refractivity contribution is 5.77. The zero-order valence-electron chi connectivity index (χ0n) is 19.4. The molecule has 2 N–H and O–H groups in total. The molecule has 1 saturated heterocycles. The molecule has 1 aromatic heterocycles. The molecule has 2 aliphatic rings. The molecule has 0 bridgehead atoms. The molecule has 4 rings (SSSR count). The molecule has 1 aromatic carbocycles. The molecule has 32 heavy (non-hydrogen) atoms. The van der Waals surface area contributed by atoms with E-state index in [1.54, 1.807) is 0 Å². The van der Waals surface area contributed by atoms with E-state index in [0.29, 0.717) is 0 Å². The molecule has 0 spiro atoms. The van der Waals surface area contributed by atoms with E-state index in [1.807, 2.05) is 30.3 Å². The van der Waals surface area contributed by atoms with Crippen molar-refractivity contribution in [2.24, 2.45) is 5.41 Å². The van der Waals surface area contributed by atoms with E-state index in [1.165, 1.54) is 36.9 Å². The third-order valence-corrected chi connectivity index (χ3v) is 7.43. The molecule has 0 amide bonds. The summed E-state index contributed by atoms with van der Waals surface area (Å²) in [5.41, 5.74) is 3.31. The van der Waals surface area contributed by atoms with Gasteiger partial charge in [0.1, 0.15) is 5.82 Å². The van der Waals surface area contributed by atoms with Gasteiger partial charge in [0.25, 0.3) is 0 Å². The minimum absolute atomic E-state index is 0.185. The summed E-state index contributed by atoms with van der Waals surface area (Å²) in [5, 5.41) is 13.4. The number of aliphatic carboxylic acids is 1. The summed E-state index contributed by atoms with van der Waals surface area (Å²) in [6.07, 6.45) is 8.84. The van der Waals surface area contributed by atoms with Gasteiger partial charge < -0.3 is 15.3 Å². The second kappa shape index (κ2) is 10.5. The molecule has 5 nitrogen and oxygen atoms in total. The summed E-state index contributed by atoms with van der Waals surface area (Å²) in [4.78, 5) is 19.4. The van der Waals surface area contributed by atoms with Gasteiger partial charge in [-0.05, 0) is 87.2 Å². The van der Waals surface area contributed by atoms with Crippen molar-refractivity contribution >= 4 is 11.8 Å². The number of hydrogen-bond donors (Lipinski definition) is 2. The molecular formula is C27H37N3O2. The molecule has 5 heteroatoms. The Balaban J connectivity index is 1.19. The number of fused-ring (bicyclic) bond motifs is 1. The normalized spacial score (nSPS) is 19.0. The van der Waals surface area contributed by atoms with Crippen LogP contribution in [-0.2, 0) is 17.6 Å². The minimum atomic E-state index is -0.696. The molecule has 172 valence electrons. The number of unbranched alkanes of at least 4 members (excludes halogenated alkanes) is 2. The first-order valence-electron chi connectivity index (χ1n) is 12.3. The van der Waals surface area contributed by atoms with Crippen LogP contribution in [0.5, 0.6) is 0 Å². The van der Waals surface area contributed by atoms with Gasteiger partial charge in [0, 0.05) is 12.2 Å². The maximum absolute atomic E-state index is 12.1. The minimum Gasteiger partial charge on any atom is -0.481 e. The van der Waals surface area contributed by atoms with Crippen LogP contribution in [-0.4, -0.2) is 47.1 Å². The molecule has 1 fully saturated rings. The molecule has 1 atom stereocenters. The van der Waals surface area contributed by atoms with Crippen molar-refractivity contribution in [1.82, 2.24) is 9.88 Å². The van der Waals surface area contributed by atoms with E-state index in [-0.39, 0.29) is 5.41 Å². The van der Waals surface area contributed by atoms with Crippen LogP contribution in [0.4, 0.5) is 5.82 Å². The van der Waals surface area contributed by atoms with Crippen molar-refractivity contribution in [2.75, 3.05) is 31.5 Å². The quantitative estimate of drug-likeness (QED) is 0.535. The summed E-state index contributed by atoms with van der Waals surface area (Å²) < 4.78 is 0. The van der Waals surface area contributed by atoms with Crippen molar-refractivity contribution in [3.63, 3.8) is 0 Å². The molecule has 0 radical (unpaired) electrons. The van der Waals surface area contributed by atoms with Crippen LogP contribution in [0.1, 0.15) is 68.2 Å². The number of piperidine rings is 1. The van der Waals surface area contributed by atoms with E-state index in [9.17, 15) is 9.90 Å². The van der Waals surface area contributed by atoms with Gasteiger partial charge in [0.2, 0.25) is 0 Å². The highest BCUT2D eigenvalue weighted by Gasteiger charge is 2.42. The third kappa shape index (κ3) is 5.50. The van der Waals surface area contributed by atoms with Crippen molar-refractivity contribution < 1.29 is 9.90 Å². The fraction of sp³-hybridized carbons (Fsp3) is 0.556. The van der Waals surface area contributed by atoms with E-state index in [2.05, 4.69) is 29.3 Å². The van der Waals surface area contributed by atoms with Gasteiger partial charge >= 0.3 is 5.97 Å². The third-order valence-electron chi connectivity index (χ3n) is 7.43. The van der Waals surface area contributed by atoms with Crippen LogP contribution in [0, 0.1) is 5.41 Å². The van der Waals surface area contributed by atoms with Crippen LogP contribution in [0.3, 0.4) is 0 Å². The Bertz CT molecular complexity index is 891. The lowest BCUT2D eigenvalue weighted by atomic mass is 9.67. The lowest BCUT2D eigenvalue weighted by Crippen LogP contribution is -2.43. The maximum atomic E-state index is 12.1. The van der Waals surface area contributed by atoms with Gasteiger partial charge in [0.05, 0.1) is 5.92 Å². The first-order chi connectivity index (χ1) is 15.5. The van der Waals surface area contributed by atoms with E-state index < -0.39 is 11.9 Å². The van der Waals surface area contributed by atoms with Crippen LogP contribution in [0.2, 0.25) is 0 Å². The summed E-state index contributed by atoms with van der Waals surface area (Å²) >= 11 is 0. The number of hydrogen-bond acceptors (Lipinski definition) is 4. The maximum Gasteiger partial charge on any atom is 0.311 e. The number of aryl methyl sites for hydroxylation is 2. The Hall–Kier alpha value is -2.40. The Labute approximate surface area is 192 Å². The number of aromatic nitrogens is 1. The highest BCUT2D eigenvalue weighted by atomic mass is 16.4. The number of likely N-dealkylation sites (tertiary alicyclic amines) is 1. The Morgan fingerprint density at radius 3 is 2.66 bits per heavy atom. The first kappa shape index (κ1) is 22.8. The topological polar surface area (TPSA) is 65.5 Å². The number of carbonyl (C=O) groups is 1. The number of anilines is 1. The van der Waals surface area contributed by atoms with Crippen LogP contribution in [0.15, 0.2) is 42.5 Å². The fourth-order valence-corrected chi connectivity index (χ4v) is 5.39. The zero-order valence-corrected chi connectivity index (χ0v) is 19.4. The predicted molar refractivity (Wildman–Crippen MR) is 129 cm³/mol. The Morgan fingerprint density at radius 2 is 1.91 bits per heavy atom. The predicted octanol–water partition coefficient (Wildman–Crippen LogP) is 5.12. The van der Waals surface area contributed by atoms with Crippen molar-refractivity contribution in [2.45, 2.75) is 64.2 Å². The van der Waals surface area contributed by atoms with Gasteiger partial charge in [-0.3, -0.25) is 4.79 Å². The summed E-state index contributed by atoms with van der Waals surface area (Å²) in [6.45, 7) is 6.29. The second-order valence-electron chi connectivity index (χ2n) is 9.83. The van der Waals surface area contributed by atoms with Gasteiger partial charge in [0.15, 0.2) is 0 Å². The number of nitrogens with zero attached hydrogens (tertiary/aromatic N) is 2. The lowest BCUT2D eigenvalue weighted by molar-refractivity contribution is -0.143. The molecule has 0 saturated carbocycles. The van der Waals surface area contributed by atoms with Gasteiger partial charge in [-0.2, -0.15) is 0 Å². The average Bonchev–Trinajstić information content (AvgIpc) is 2.80. The molecule has 3 heterocycles. The van der Waals surface area contributed by atoms with Crippen molar-refractivity contribution in [3.05, 3.63) is 59.3 Å². The van der Waals surface area contributed by atoms with Crippen molar-refractivity contribution in [1.29, 1.82) is 0 Å². The largest absolute Gasteiger partial charge is 0.481 e. The van der Waals surface area contributed by atoms with E-state index >= 15 is 0 Å². The smallest absolute Gasteiger partial charge is 0.311 e. The van der Waals surface area contributed by atoms with Crippen LogP contribution in [0.25, 0.3) is 0 Å². The van der Waals surface area contributed by atoms with Crippen molar-refractivity contribution in [3.8, 4) is 0 Å². The van der Waals surface area contributed by atoms with Crippen LogP contribution < -0.4 is 5.32 Å². The van der Waals surface area contributed by atoms with Crippen LogP contribution >= 0.6 is 0 Å². The number of nitrogens with one attached hydrogen (secondary N) is 1. The standard InChI is InChI=1S/C27H37N3O2/c1-27(24(26(31)32)21-9-4-2-5-10-21)15-19-30(20-16-27)18-7-3-6-12-23-14-13-22-11-8-17-28-25(22)29-23/h2,4-5,9-10,13-14,24H,3,6-8,11-12,15-20H2,1H3,(H,28,29)(H,31,32)/t24-/m0/s1. The fourth-order valence-electron chi connectivity index (χ4n) is 5.39. The number of carboxylic acid groups (broad SMARTS) is 1. The highest BCUT2D eigenvalue weighted by Crippen LogP contribution is 2.44. The summed E-state index contributed by atoms with van der Waals surface area (Å²) in [5.74, 6) is -0.0251. The monoisotopic (exact) mass is 435 g/mol. The molecule has 0 aliphatic carbocycles. The second-order valence-corrected chi connectivity index (χ2v) is 9.83. The number of benzene rings is 1. The molecule has 0 unspecified atom stereocenters. The Morgan fingerprint density at radius 1 is 1.12 bits per heavy atom. The van der Waals surface area contributed by atoms with E-state index in [0.717, 1.165) is 63.2 Å². The lowest BCUT2D eigenvalue weighted by Gasteiger charge is -2.43. The first-order valence-corrected chi connectivity index (χ1v) is 12.3. The zero-order chi connectivity index (χ0) is 22.4. The Kier molecular flexibility index (Phi) is 7.46. The summed E-state index contributed by atoms with van der Waals surface area (Å²) in [7, 11) is 0. The SMILES string of the molecule is CC1([C@H](C(=O)O)c2ccccc2)CCN(CCCCCc2ccc3c(n2)NCCC3)CC1. The summed E-state index contributed by atoms with van der Waals surface area (Å²) in [6, 6.07) is 14.2. The number of carboxylic acids is 1. The molecule has 2 aromatic rings. The van der Waals surface area contributed by atoms with E-state index in [4.69, 9.17) is 4.98 Å². The van der Waals surface area contributed by atoms with Gasteiger partial charge in [-0.25, -0.2) is 4.98 Å².